The quantitative estimate of drug-likeness (QED) is 0.568. The maximum Gasteiger partial charge on any atom is 0.150 e. The van der Waals surface area contributed by atoms with Crippen molar-refractivity contribution in [3.63, 3.8) is 0 Å². The number of nitrogens with one attached hydrogen (secondary N) is 2. The summed E-state index contributed by atoms with van der Waals surface area (Å²) >= 11 is 5.94. The molecule has 0 aliphatic heterocycles. The Morgan fingerprint density at radius 3 is 3.00 bits per heavy atom. The highest BCUT2D eigenvalue weighted by Crippen LogP contribution is 2.24. The van der Waals surface area contributed by atoms with E-state index in [1.165, 1.54) is 0 Å². The fraction of sp³-hybridized carbons (Fsp3) is 0. The molecule has 2 aromatic heterocycles. The van der Waals surface area contributed by atoms with Gasteiger partial charge in [-0.2, -0.15) is 5.10 Å². The molecular formula is C13H10ClN5. The predicted molar refractivity (Wildman–Crippen MR) is 76.6 cm³/mol. The average Bonchev–Trinajstić information content (AvgIpc) is 2.92. The summed E-state index contributed by atoms with van der Waals surface area (Å²) in [5.41, 5.74) is 4.66. The fourth-order valence-electron chi connectivity index (χ4n) is 1.73. The lowest BCUT2D eigenvalue weighted by Gasteiger charge is -2.04. The number of H-pyrrole nitrogens is 1. The van der Waals surface area contributed by atoms with Gasteiger partial charge in [0.05, 0.1) is 17.4 Å². The van der Waals surface area contributed by atoms with Crippen LogP contribution in [-0.2, 0) is 0 Å². The molecule has 6 heteroatoms. The first-order valence-corrected chi connectivity index (χ1v) is 6.03. The molecule has 0 saturated heterocycles. The number of anilines is 1. The van der Waals surface area contributed by atoms with Gasteiger partial charge >= 0.3 is 0 Å². The Labute approximate surface area is 114 Å². The SMILES string of the molecule is Clc1ccc2c(N/N=C/c3ncc[nH]3)ccnc2c1. The summed E-state index contributed by atoms with van der Waals surface area (Å²) in [5, 5.41) is 5.75. The molecule has 5 nitrogen and oxygen atoms in total. The number of hydrogen-bond acceptors (Lipinski definition) is 4. The maximum atomic E-state index is 5.94. The van der Waals surface area contributed by atoms with Crippen molar-refractivity contribution in [1.82, 2.24) is 15.0 Å². The van der Waals surface area contributed by atoms with Gasteiger partial charge in [-0.25, -0.2) is 4.98 Å². The summed E-state index contributed by atoms with van der Waals surface area (Å²) in [6, 6.07) is 7.41. The second-order valence-electron chi connectivity index (χ2n) is 3.86. The molecule has 0 aliphatic carbocycles. The van der Waals surface area contributed by atoms with Crippen LogP contribution in [0.3, 0.4) is 0 Å². The van der Waals surface area contributed by atoms with E-state index in [1.807, 2.05) is 24.3 Å². The molecule has 94 valence electrons. The van der Waals surface area contributed by atoms with E-state index in [0.29, 0.717) is 10.8 Å². The summed E-state index contributed by atoms with van der Waals surface area (Å²) < 4.78 is 0. The van der Waals surface area contributed by atoms with Gasteiger partial charge in [0.25, 0.3) is 0 Å². The number of aromatic amines is 1. The van der Waals surface area contributed by atoms with Crippen molar-refractivity contribution in [2.75, 3.05) is 5.43 Å². The molecule has 0 radical (unpaired) electrons. The monoisotopic (exact) mass is 271 g/mol. The van der Waals surface area contributed by atoms with E-state index in [-0.39, 0.29) is 0 Å². The van der Waals surface area contributed by atoms with Crippen molar-refractivity contribution in [3.05, 3.63) is 53.7 Å². The van der Waals surface area contributed by atoms with Crippen molar-refractivity contribution in [2.45, 2.75) is 0 Å². The Kier molecular flexibility index (Phi) is 3.12. The van der Waals surface area contributed by atoms with E-state index in [0.717, 1.165) is 16.6 Å². The lowest BCUT2D eigenvalue weighted by Crippen LogP contribution is -1.93. The normalized spacial score (nSPS) is 11.2. The Bertz CT molecular complexity index is 721. The van der Waals surface area contributed by atoms with E-state index >= 15 is 0 Å². The summed E-state index contributed by atoms with van der Waals surface area (Å²) in [4.78, 5) is 11.3. The molecule has 0 fully saturated rings. The van der Waals surface area contributed by atoms with Gasteiger partial charge in [-0.15, -0.1) is 0 Å². The largest absolute Gasteiger partial charge is 0.344 e. The second kappa shape index (κ2) is 5.07. The van der Waals surface area contributed by atoms with Gasteiger partial charge < -0.3 is 4.98 Å². The highest BCUT2D eigenvalue weighted by Gasteiger charge is 2.01. The Morgan fingerprint density at radius 2 is 2.16 bits per heavy atom. The zero-order valence-electron chi connectivity index (χ0n) is 9.84. The first-order chi connectivity index (χ1) is 9.33. The topological polar surface area (TPSA) is 66.0 Å². The smallest absolute Gasteiger partial charge is 0.150 e. The van der Waals surface area contributed by atoms with Gasteiger partial charge in [-0.3, -0.25) is 10.4 Å². The number of fused-ring (bicyclic) bond motifs is 1. The third-order valence-corrected chi connectivity index (χ3v) is 2.83. The van der Waals surface area contributed by atoms with E-state index < -0.39 is 0 Å². The minimum absolute atomic E-state index is 0.663. The van der Waals surface area contributed by atoms with Gasteiger partial charge in [0, 0.05) is 29.0 Å². The highest BCUT2D eigenvalue weighted by atomic mass is 35.5. The molecule has 3 aromatic rings. The summed E-state index contributed by atoms with van der Waals surface area (Å²) in [6.07, 6.45) is 6.74. The molecule has 0 aliphatic rings. The van der Waals surface area contributed by atoms with Crippen LogP contribution in [0.2, 0.25) is 5.02 Å². The molecular weight excluding hydrogens is 262 g/mol. The summed E-state index contributed by atoms with van der Waals surface area (Å²) in [6.45, 7) is 0. The average molecular weight is 272 g/mol. The number of nitrogens with zero attached hydrogens (tertiary/aromatic N) is 3. The number of imidazole rings is 1. The van der Waals surface area contributed by atoms with Crippen LogP contribution in [-0.4, -0.2) is 21.2 Å². The van der Waals surface area contributed by atoms with E-state index in [4.69, 9.17) is 11.6 Å². The molecule has 0 amide bonds. The number of halogens is 1. The minimum atomic E-state index is 0.663. The molecule has 19 heavy (non-hydrogen) atoms. The van der Waals surface area contributed by atoms with Crippen molar-refractivity contribution in [1.29, 1.82) is 0 Å². The molecule has 3 rings (SSSR count). The maximum absolute atomic E-state index is 5.94. The Hall–Kier alpha value is -2.40. The molecule has 0 unspecified atom stereocenters. The van der Waals surface area contributed by atoms with Gasteiger partial charge in [0.15, 0.2) is 0 Å². The second-order valence-corrected chi connectivity index (χ2v) is 4.30. The zero-order valence-corrected chi connectivity index (χ0v) is 10.6. The standard InChI is InChI=1S/C13H10ClN5/c14-9-1-2-10-11(3-4-15-12(10)7-9)19-18-8-13-16-5-6-17-13/h1-8H,(H,15,19)(H,16,17)/b18-8+. The van der Waals surface area contributed by atoms with Crippen molar-refractivity contribution in [3.8, 4) is 0 Å². The van der Waals surface area contributed by atoms with E-state index in [1.54, 1.807) is 24.8 Å². The first kappa shape index (κ1) is 11.7. The highest BCUT2D eigenvalue weighted by molar-refractivity contribution is 6.31. The van der Waals surface area contributed by atoms with Crippen LogP contribution in [0.1, 0.15) is 5.82 Å². The van der Waals surface area contributed by atoms with Crippen molar-refractivity contribution < 1.29 is 0 Å². The number of benzene rings is 1. The van der Waals surface area contributed by atoms with Crippen molar-refractivity contribution >= 4 is 34.4 Å². The molecule has 2 N–H and O–H groups in total. The zero-order chi connectivity index (χ0) is 13.1. The van der Waals surface area contributed by atoms with Gasteiger partial charge in [0.1, 0.15) is 5.82 Å². The van der Waals surface area contributed by atoms with Crippen LogP contribution in [0, 0.1) is 0 Å². The minimum Gasteiger partial charge on any atom is -0.344 e. The lowest BCUT2D eigenvalue weighted by molar-refractivity contribution is 1.25. The first-order valence-electron chi connectivity index (χ1n) is 5.66. The van der Waals surface area contributed by atoms with Crippen LogP contribution in [0.4, 0.5) is 5.69 Å². The Morgan fingerprint density at radius 1 is 1.21 bits per heavy atom. The molecule has 1 aromatic carbocycles. The van der Waals surface area contributed by atoms with Gasteiger partial charge in [-0.1, -0.05) is 11.6 Å². The summed E-state index contributed by atoms with van der Waals surface area (Å²) in [5.74, 6) is 0.689. The summed E-state index contributed by atoms with van der Waals surface area (Å²) in [7, 11) is 0. The lowest BCUT2D eigenvalue weighted by atomic mass is 10.2. The van der Waals surface area contributed by atoms with E-state index in [9.17, 15) is 0 Å². The number of hydrazone groups is 1. The molecule has 2 heterocycles. The number of rotatable bonds is 3. The molecule has 0 bridgehead atoms. The van der Waals surface area contributed by atoms with Gasteiger partial charge in [0.2, 0.25) is 0 Å². The molecule has 0 spiro atoms. The van der Waals surface area contributed by atoms with Crippen LogP contribution in [0.15, 0.2) is 48.0 Å². The number of pyridine rings is 1. The van der Waals surface area contributed by atoms with Crippen LogP contribution >= 0.6 is 11.6 Å². The van der Waals surface area contributed by atoms with Gasteiger partial charge in [-0.05, 0) is 24.3 Å². The Balaban J connectivity index is 1.89. The molecule has 0 saturated carbocycles. The van der Waals surface area contributed by atoms with E-state index in [2.05, 4.69) is 25.5 Å². The van der Waals surface area contributed by atoms with Crippen LogP contribution in [0.5, 0.6) is 0 Å². The third kappa shape index (κ3) is 2.56. The predicted octanol–water partition coefficient (Wildman–Crippen LogP) is 3.06. The fourth-order valence-corrected chi connectivity index (χ4v) is 1.90. The third-order valence-electron chi connectivity index (χ3n) is 2.60. The number of hydrogen-bond donors (Lipinski definition) is 2. The van der Waals surface area contributed by atoms with Crippen molar-refractivity contribution in [2.24, 2.45) is 5.10 Å². The van der Waals surface area contributed by atoms with Crippen LogP contribution in [0.25, 0.3) is 10.9 Å². The number of aromatic nitrogens is 3. The van der Waals surface area contributed by atoms with Crippen LogP contribution < -0.4 is 5.43 Å². The molecule has 0 atom stereocenters.